The van der Waals surface area contributed by atoms with Crippen molar-refractivity contribution >= 4 is 16.7 Å². The maximum atomic E-state index is 11.0. The lowest BCUT2D eigenvalue weighted by Gasteiger charge is -2.23. The van der Waals surface area contributed by atoms with Crippen molar-refractivity contribution in [3.05, 3.63) is 95.3 Å². The van der Waals surface area contributed by atoms with Crippen LogP contribution in [0.3, 0.4) is 0 Å². The number of anilines is 1. The van der Waals surface area contributed by atoms with Gasteiger partial charge in [0.25, 0.3) is 0 Å². The third kappa shape index (κ3) is 3.34. The van der Waals surface area contributed by atoms with E-state index in [1.807, 2.05) is 55.5 Å². The van der Waals surface area contributed by atoms with Crippen molar-refractivity contribution in [2.75, 3.05) is 5.32 Å². The minimum Gasteiger partial charge on any atom is -0.505 e. The third-order valence-corrected chi connectivity index (χ3v) is 4.80. The molecule has 0 radical (unpaired) electrons. The fraction of sp³-hybridized carbons (Fsp3) is 0.130. The van der Waals surface area contributed by atoms with E-state index in [1.54, 1.807) is 12.4 Å². The van der Waals surface area contributed by atoms with Crippen molar-refractivity contribution in [1.82, 2.24) is 9.97 Å². The Morgan fingerprint density at radius 3 is 2.52 bits per heavy atom. The highest BCUT2D eigenvalue weighted by atomic mass is 16.3. The van der Waals surface area contributed by atoms with Gasteiger partial charge in [-0.1, -0.05) is 42.5 Å². The van der Waals surface area contributed by atoms with E-state index in [0.717, 1.165) is 33.5 Å². The average molecular weight is 355 g/mol. The highest BCUT2D eigenvalue weighted by Crippen LogP contribution is 2.37. The largest absolute Gasteiger partial charge is 0.505 e. The van der Waals surface area contributed by atoms with Crippen molar-refractivity contribution < 1.29 is 5.11 Å². The summed E-state index contributed by atoms with van der Waals surface area (Å²) < 4.78 is 0. The lowest BCUT2D eigenvalue weighted by atomic mass is 9.93. The maximum Gasteiger partial charge on any atom is 0.147 e. The number of rotatable bonds is 4. The second-order valence-corrected chi connectivity index (χ2v) is 6.73. The Morgan fingerprint density at radius 2 is 1.70 bits per heavy atom. The quantitative estimate of drug-likeness (QED) is 0.531. The van der Waals surface area contributed by atoms with Crippen LogP contribution in [0.1, 0.15) is 28.3 Å². The molecule has 0 amide bonds. The van der Waals surface area contributed by atoms with E-state index in [1.165, 1.54) is 0 Å². The Morgan fingerprint density at radius 1 is 0.852 bits per heavy atom. The summed E-state index contributed by atoms with van der Waals surface area (Å²) in [5, 5.41) is 15.4. The van der Waals surface area contributed by atoms with Gasteiger partial charge in [-0.25, -0.2) is 4.98 Å². The van der Waals surface area contributed by atoms with Crippen LogP contribution in [0.15, 0.2) is 73.1 Å². The van der Waals surface area contributed by atoms with E-state index in [0.29, 0.717) is 5.52 Å². The fourth-order valence-corrected chi connectivity index (χ4v) is 3.37. The molecule has 2 heterocycles. The van der Waals surface area contributed by atoms with E-state index in [2.05, 4.69) is 34.3 Å². The molecule has 0 aliphatic heterocycles. The molecule has 27 heavy (non-hydrogen) atoms. The first kappa shape index (κ1) is 17.0. The van der Waals surface area contributed by atoms with Gasteiger partial charge in [0.05, 0.1) is 6.04 Å². The summed E-state index contributed by atoms with van der Waals surface area (Å²) in [4.78, 5) is 8.81. The monoisotopic (exact) mass is 355 g/mol. The van der Waals surface area contributed by atoms with Gasteiger partial charge in [0, 0.05) is 23.3 Å². The molecule has 0 saturated heterocycles. The van der Waals surface area contributed by atoms with Crippen molar-refractivity contribution in [2.45, 2.75) is 19.9 Å². The van der Waals surface area contributed by atoms with Gasteiger partial charge >= 0.3 is 0 Å². The molecule has 0 aliphatic rings. The summed E-state index contributed by atoms with van der Waals surface area (Å²) >= 11 is 0. The van der Waals surface area contributed by atoms with Crippen LogP contribution >= 0.6 is 0 Å². The molecule has 4 rings (SSSR count). The standard InChI is InChI=1S/C23H21N3O/c1-15-11-13-24-20(14-15)26-22(18-8-4-3-6-16(18)2)19-10-9-17-7-5-12-25-21(17)23(19)27/h3-14,22,27H,1-2H3,(H,24,26)/t22-/m0/s1. The molecule has 0 aliphatic carbocycles. The molecule has 2 aromatic carbocycles. The number of fused-ring (bicyclic) bond motifs is 1. The highest BCUT2D eigenvalue weighted by molar-refractivity contribution is 5.86. The lowest BCUT2D eigenvalue weighted by Crippen LogP contribution is -2.15. The molecule has 4 aromatic rings. The summed E-state index contributed by atoms with van der Waals surface area (Å²) in [5.74, 6) is 0.963. The van der Waals surface area contributed by atoms with E-state index >= 15 is 0 Å². The molecule has 0 saturated carbocycles. The number of aromatic nitrogens is 2. The SMILES string of the molecule is Cc1ccnc(N[C@@H](c2ccccc2C)c2ccc3cccnc3c2O)c1. The number of nitrogens with one attached hydrogen (secondary N) is 1. The number of aromatic hydroxyl groups is 1. The van der Waals surface area contributed by atoms with Crippen LogP contribution in [0.4, 0.5) is 5.82 Å². The maximum absolute atomic E-state index is 11.0. The Labute approximate surface area is 158 Å². The second-order valence-electron chi connectivity index (χ2n) is 6.73. The summed E-state index contributed by atoms with van der Waals surface area (Å²) in [6, 6.07) is 19.7. The summed E-state index contributed by atoms with van der Waals surface area (Å²) in [6.45, 7) is 4.11. The van der Waals surface area contributed by atoms with Crippen LogP contribution in [0.2, 0.25) is 0 Å². The number of hydrogen-bond donors (Lipinski definition) is 2. The van der Waals surface area contributed by atoms with Gasteiger partial charge in [-0.2, -0.15) is 0 Å². The van der Waals surface area contributed by atoms with E-state index < -0.39 is 0 Å². The average Bonchev–Trinajstić information content (AvgIpc) is 2.68. The molecule has 2 N–H and O–H groups in total. The van der Waals surface area contributed by atoms with Gasteiger partial charge in [-0.15, -0.1) is 0 Å². The first-order valence-electron chi connectivity index (χ1n) is 8.95. The molecule has 134 valence electrons. The van der Waals surface area contributed by atoms with E-state index in [-0.39, 0.29) is 11.8 Å². The number of phenols is 1. The van der Waals surface area contributed by atoms with Crippen molar-refractivity contribution in [3.63, 3.8) is 0 Å². The van der Waals surface area contributed by atoms with Crippen LogP contribution in [0, 0.1) is 13.8 Å². The number of hydrogen-bond acceptors (Lipinski definition) is 4. The summed E-state index contributed by atoms with van der Waals surface area (Å²) in [6.07, 6.45) is 3.48. The fourth-order valence-electron chi connectivity index (χ4n) is 3.37. The molecule has 4 heteroatoms. The first-order valence-corrected chi connectivity index (χ1v) is 8.95. The van der Waals surface area contributed by atoms with Crippen LogP contribution in [-0.2, 0) is 0 Å². The van der Waals surface area contributed by atoms with Crippen LogP contribution in [0.5, 0.6) is 5.75 Å². The van der Waals surface area contributed by atoms with Gasteiger partial charge in [-0.3, -0.25) is 4.98 Å². The summed E-state index contributed by atoms with van der Waals surface area (Å²) in [5.41, 5.74) is 4.74. The molecule has 2 aromatic heterocycles. The first-order chi connectivity index (χ1) is 13.1. The van der Waals surface area contributed by atoms with E-state index in [9.17, 15) is 5.11 Å². The zero-order valence-electron chi connectivity index (χ0n) is 15.3. The van der Waals surface area contributed by atoms with Gasteiger partial charge in [0.15, 0.2) is 0 Å². The van der Waals surface area contributed by atoms with Crippen molar-refractivity contribution in [3.8, 4) is 5.75 Å². The van der Waals surface area contributed by atoms with Gasteiger partial charge < -0.3 is 10.4 Å². The molecular weight excluding hydrogens is 334 g/mol. The molecular formula is C23H21N3O. The summed E-state index contributed by atoms with van der Waals surface area (Å²) in [7, 11) is 0. The molecule has 0 spiro atoms. The Bertz CT molecular complexity index is 1110. The predicted octanol–water partition coefficient (Wildman–Crippen LogP) is 5.15. The highest BCUT2D eigenvalue weighted by Gasteiger charge is 2.21. The van der Waals surface area contributed by atoms with Crippen molar-refractivity contribution in [2.24, 2.45) is 0 Å². The number of benzene rings is 2. The molecule has 0 bridgehead atoms. The minimum absolute atomic E-state index is 0.196. The molecule has 1 atom stereocenters. The normalized spacial score (nSPS) is 12.1. The van der Waals surface area contributed by atoms with Crippen molar-refractivity contribution in [1.29, 1.82) is 0 Å². The minimum atomic E-state index is -0.244. The Kier molecular flexibility index (Phi) is 4.47. The number of phenolic OH excluding ortho intramolecular Hbond substituents is 1. The smallest absolute Gasteiger partial charge is 0.147 e. The number of aryl methyl sites for hydroxylation is 2. The predicted molar refractivity (Wildman–Crippen MR) is 109 cm³/mol. The van der Waals surface area contributed by atoms with Crippen LogP contribution < -0.4 is 5.32 Å². The second kappa shape index (κ2) is 7.08. The number of pyridine rings is 2. The van der Waals surface area contributed by atoms with Gasteiger partial charge in [-0.05, 0) is 48.7 Å². The lowest BCUT2D eigenvalue weighted by molar-refractivity contribution is 0.471. The zero-order chi connectivity index (χ0) is 18.8. The van der Waals surface area contributed by atoms with Crippen LogP contribution in [0.25, 0.3) is 10.9 Å². The zero-order valence-corrected chi connectivity index (χ0v) is 15.3. The molecule has 4 nitrogen and oxygen atoms in total. The van der Waals surface area contributed by atoms with E-state index in [4.69, 9.17) is 0 Å². The van der Waals surface area contributed by atoms with Gasteiger partial charge in [0.1, 0.15) is 17.1 Å². The van der Waals surface area contributed by atoms with Gasteiger partial charge in [0.2, 0.25) is 0 Å². The Hall–Kier alpha value is -3.40. The van der Waals surface area contributed by atoms with Crippen LogP contribution in [-0.4, -0.2) is 15.1 Å². The third-order valence-electron chi connectivity index (χ3n) is 4.80. The topological polar surface area (TPSA) is 58.0 Å². The Balaban J connectivity index is 1.88. The molecule has 0 fully saturated rings. The number of nitrogens with zero attached hydrogens (tertiary/aromatic N) is 2. The molecule has 0 unspecified atom stereocenters.